The van der Waals surface area contributed by atoms with Crippen molar-refractivity contribution in [3.05, 3.63) is 0 Å². The van der Waals surface area contributed by atoms with Crippen LogP contribution in [0.25, 0.3) is 0 Å². The number of amidine groups is 1. The van der Waals surface area contributed by atoms with E-state index >= 15 is 0 Å². The molecule has 0 radical (unpaired) electrons. The third-order valence-electron chi connectivity index (χ3n) is 5.15. The van der Waals surface area contributed by atoms with Gasteiger partial charge in [0.1, 0.15) is 0 Å². The SMILES string of the molecule is CCCC(CCC)=NOC(=NC1CCCCC1)NC1CCCCC1. The number of hydrogen-bond acceptors (Lipinski definition) is 3. The molecule has 2 aliphatic carbocycles. The number of nitrogens with zero attached hydrogens (tertiary/aromatic N) is 2. The van der Waals surface area contributed by atoms with Gasteiger partial charge >= 0.3 is 6.02 Å². The zero-order valence-corrected chi connectivity index (χ0v) is 15.9. The Morgan fingerprint density at radius 2 is 1.46 bits per heavy atom. The van der Waals surface area contributed by atoms with Gasteiger partial charge in [-0.25, -0.2) is 4.99 Å². The van der Waals surface area contributed by atoms with E-state index < -0.39 is 0 Å². The van der Waals surface area contributed by atoms with E-state index in [1.54, 1.807) is 0 Å². The lowest BCUT2D eigenvalue weighted by molar-refractivity contribution is 0.282. The molecule has 2 saturated carbocycles. The molecule has 0 unspecified atom stereocenters. The van der Waals surface area contributed by atoms with Crippen molar-refractivity contribution >= 4 is 11.7 Å². The van der Waals surface area contributed by atoms with E-state index in [4.69, 9.17) is 9.83 Å². The van der Waals surface area contributed by atoms with Gasteiger partial charge in [0.25, 0.3) is 0 Å². The summed E-state index contributed by atoms with van der Waals surface area (Å²) in [6.07, 6.45) is 17.1. The van der Waals surface area contributed by atoms with Gasteiger partial charge in [-0.15, -0.1) is 0 Å². The lowest BCUT2D eigenvalue weighted by Gasteiger charge is -2.25. The molecule has 0 aromatic carbocycles. The van der Waals surface area contributed by atoms with Gasteiger partial charge in [0.2, 0.25) is 0 Å². The number of rotatable bonds is 7. The summed E-state index contributed by atoms with van der Waals surface area (Å²) >= 11 is 0. The van der Waals surface area contributed by atoms with Crippen LogP contribution in [0.15, 0.2) is 10.1 Å². The Morgan fingerprint density at radius 3 is 2.04 bits per heavy atom. The van der Waals surface area contributed by atoms with E-state index in [1.807, 2.05) is 0 Å². The molecular weight excluding hydrogens is 298 g/mol. The molecule has 0 heterocycles. The van der Waals surface area contributed by atoms with Gasteiger partial charge in [-0.05, 0) is 38.5 Å². The molecule has 138 valence electrons. The molecule has 2 aliphatic rings. The minimum Gasteiger partial charge on any atom is -0.335 e. The topological polar surface area (TPSA) is 46.0 Å². The number of oxime groups is 1. The van der Waals surface area contributed by atoms with Gasteiger partial charge < -0.3 is 10.2 Å². The summed E-state index contributed by atoms with van der Waals surface area (Å²) in [5, 5.41) is 8.02. The number of nitrogens with one attached hydrogen (secondary N) is 1. The Balaban J connectivity index is 1.99. The van der Waals surface area contributed by atoms with Crippen LogP contribution in [-0.2, 0) is 4.84 Å². The molecule has 0 spiro atoms. The highest BCUT2D eigenvalue weighted by atomic mass is 16.6. The van der Waals surface area contributed by atoms with Gasteiger partial charge in [0.15, 0.2) is 0 Å². The highest BCUT2D eigenvalue weighted by Gasteiger charge is 2.19. The summed E-state index contributed by atoms with van der Waals surface area (Å²) in [5.41, 5.74) is 1.17. The van der Waals surface area contributed by atoms with Crippen LogP contribution in [0.1, 0.15) is 104 Å². The molecular formula is C20H37N3O. The summed E-state index contributed by atoms with van der Waals surface area (Å²) in [6, 6.07) is 1.61. The van der Waals surface area contributed by atoms with Gasteiger partial charge in [-0.1, -0.05) is 70.4 Å². The molecule has 2 rings (SSSR count). The van der Waals surface area contributed by atoms with Crippen LogP contribution >= 0.6 is 0 Å². The van der Waals surface area contributed by atoms with Crippen molar-refractivity contribution in [2.45, 2.75) is 116 Å². The first-order valence-corrected chi connectivity index (χ1v) is 10.4. The Labute approximate surface area is 148 Å². The van der Waals surface area contributed by atoms with Crippen molar-refractivity contribution in [2.75, 3.05) is 0 Å². The van der Waals surface area contributed by atoms with E-state index in [0.29, 0.717) is 18.1 Å². The minimum absolute atomic E-state index is 0.417. The molecule has 1 N–H and O–H groups in total. The van der Waals surface area contributed by atoms with Crippen LogP contribution in [0.4, 0.5) is 0 Å². The van der Waals surface area contributed by atoms with Crippen LogP contribution in [0.5, 0.6) is 0 Å². The zero-order chi connectivity index (χ0) is 17.0. The molecule has 24 heavy (non-hydrogen) atoms. The summed E-state index contributed by atoms with van der Waals surface area (Å²) in [7, 11) is 0. The molecule has 0 atom stereocenters. The van der Waals surface area contributed by atoms with Gasteiger partial charge in [0.05, 0.1) is 11.8 Å². The molecule has 0 saturated heterocycles. The van der Waals surface area contributed by atoms with Gasteiger partial charge in [-0.3, -0.25) is 0 Å². The molecule has 0 amide bonds. The molecule has 0 aromatic rings. The zero-order valence-electron chi connectivity index (χ0n) is 15.9. The quantitative estimate of drug-likeness (QED) is 0.375. The molecule has 0 aromatic heterocycles. The lowest BCUT2D eigenvalue weighted by Crippen LogP contribution is -2.38. The minimum atomic E-state index is 0.417. The van der Waals surface area contributed by atoms with E-state index in [2.05, 4.69) is 24.3 Å². The molecule has 4 nitrogen and oxygen atoms in total. The standard InChI is InChI=1S/C20H37N3O/c1-3-11-19(12-4-2)23-24-20(21-17-13-7-5-8-14-17)22-18-15-9-6-10-16-18/h17-18H,3-16H2,1-2H3,(H,21,22). The van der Waals surface area contributed by atoms with Crippen LogP contribution in [0, 0.1) is 0 Å². The fraction of sp³-hybridized carbons (Fsp3) is 0.900. The van der Waals surface area contributed by atoms with Gasteiger partial charge in [0, 0.05) is 6.04 Å². The smallest absolute Gasteiger partial charge is 0.315 e. The predicted octanol–water partition coefficient (Wildman–Crippen LogP) is 5.57. The average molecular weight is 336 g/mol. The predicted molar refractivity (Wildman–Crippen MR) is 103 cm³/mol. The van der Waals surface area contributed by atoms with Crippen molar-refractivity contribution < 1.29 is 4.84 Å². The first-order valence-electron chi connectivity index (χ1n) is 10.4. The van der Waals surface area contributed by atoms with Gasteiger partial charge in [-0.2, -0.15) is 0 Å². The van der Waals surface area contributed by atoms with Crippen LogP contribution in [-0.4, -0.2) is 23.8 Å². The van der Waals surface area contributed by atoms with Crippen LogP contribution in [0.3, 0.4) is 0 Å². The fourth-order valence-corrected chi connectivity index (χ4v) is 3.79. The fourth-order valence-electron chi connectivity index (χ4n) is 3.79. The van der Waals surface area contributed by atoms with Crippen molar-refractivity contribution in [2.24, 2.45) is 10.1 Å². The highest BCUT2D eigenvalue weighted by molar-refractivity contribution is 5.85. The second-order valence-electron chi connectivity index (χ2n) is 7.45. The van der Waals surface area contributed by atoms with E-state index in [0.717, 1.165) is 25.7 Å². The molecule has 0 aliphatic heterocycles. The molecule has 2 fully saturated rings. The maximum absolute atomic E-state index is 5.84. The first kappa shape index (κ1) is 19.3. The second-order valence-corrected chi connectivity index (χ2v) is 7.45. The van der Waals surface area contributed by atoms with E-state index in [9.17, 15) is 0 Å². The van der Waals surface area contributed by atoms with E-state index in [1.165, 1.54) is 69.9 Å². The number of aliphatic imine (C=N–C) groups is 1. The highest BCUT2D eigenvalue weighted by Crippen LogP contribution is 2.21. The average Bonchev–Trinajstić information content (AvgIpc) is 2.61. The van der Waals surface area contributed by atoms with Crippen molar-refractivity contribution in [3.8, 4) is 0 Å². The van der Waals surface area contributed by atoms with E-state index in [-0.39, 0.29) is 0 Å². The Bertz CT molecular complexity index is 386. The summed E-state index contributed by atoms with van der Waals surface area (Å²) in [4.78, 5) is 10.7. The first-order chi connectivity index (χ1) is 11.8. The lowest BCUT2D eigenvalue weighted by atomic mass is 9.95. The molecule has 0 bridgehead atoms. The Hall–Kier alpha value is -1.06. The number of hydrogen-bond donors (Lipinski definition) is 1. The van der Waals surface area contributed by atoms with Crippen molar-refractivity contribution in [1.29, 1.82) is 0 Å². The van der Waals surface area contributed by atoms with Crippen LogP contribution < -0.4 is 5.32 Å². The summed E-state index contributed by atoms with van der Waals surface area (Å²) in [5.74, 6) is 0. The summed E-state index contributed by atoms with van der Waals surface area (Å²) in [6.45, 7) is 4.39. The maximum atomic E-state index is 5.84. The maximum Gasteiger partial charge on any atom is 0.315 e. The largest absolute Gasteiger partial charge is 0.335 e. The third-order valence-corrected chi connectivity index (χ3v) is 5.15. The van der Waals surface area contributed by atoms with Crippen LogP contribution in [0.2, 0.25) is 0 Å². The summed E-state index contributed by atoms with van der Waals surface area (Å²) < 4.78 is 0. The third kappa shape index (κ3) is 7.23. The second kappa shape index (κ2) is 11.5. The van der Waals surface area contributed by atoms with Crippen molar-refractivity contribution in [1.82, 2.24) is 5.32 Å². The Kier molecular flexibility index (Phi) is 9.22. The monoisotopic (exact) mass is 335 g/mol. The Morgan fingerprint density at radius 1 is 0.875 bits per heavy atom. The molecule has 4 heteroatoms. The normalized spacial score (nSPS) is 20.7. The van der Waals surface area contributed by atoms with Crippen molar-refractivity contribution in [3.63, 3.8) is 0 Å².